The second-order valence-corrected chi connectivity index (χ2v) is 6.99. The molecule has 1 atom stereocenters. The molecule has 0 fully saturated rings. The average Bonchev–Trinajstić information content (AvgIpc) is 2.93. The van der Waals surface area contributed by atoms with Crippen molar-refractivity contribution >= 4 is 22.5 Å². The van der Waals surface area contributed by atoms with Crippen LogP contribution in [-0.4, -0.2) is 15.6 Å². The Bertz CT molecular complexity index is 1110. The van der Waals surface area contributed by atoms with Gasteiger partial charge in [-0.25, -0.2) is 0 Å². The van der Waals surface area contributed by atoms with Crippen molar-refractivity contribution in [1.82, 2.24) is 4.57 Å². The molecule has 1 aromatic heterocycles. The molecule has 1 unspecified atom stereocenters. The molecule has 132 valence electrons. The van der Waals surface area contributed by atoms with Crippen LogP contribution in [0.1, 0.15) is 40.0 Å². The van der Waals surface area contributed by atoms with E-state index < -0.39 is 11.5 Å². The lowest BCUT2D eigenvalue weighted by atomic mass is 10.1. The Morgan fingerprint density at radius 2 is 1.81 bits per heavy atom. The number of para-hydroxylation sites is 2. The Morgan fingerprint density at radius 3 is 2.50 bits per heavy atom. The Kier molecular flexibility index (Phi) is 3.61. The van der Waals surface area contributed by atoms with Crippen LogP contribution in [0.25, 0.3) is 10.9 Å². The third kappa shape index (κ3) is 2.24. The fraction of sp³-hybridized carbons (Fsp3) is 0.238. The summed E-state index contributed by atoms with van der Waals surface area (Å²) in [5, 5.41) is 14.1. The third-order valence-electron chi connectivity index (χ3n) is 5.19. The monoisotopic (exact) mass is 348 g/mol. The topological polar surface area (TPSA) is 71.3 Å². The van der Waals surface area contributed by atoms with Crippen LogP contribution in [0.15, 0.2) is 41.2 Å². The molecule has 2 N–H and O–H groups in total. The molecule has 0 bridgehead atoms. The normalized spacial score (nSPS) is 15.4. The van der Waals surface area contributed by atoms with Gasteiger partial charge in [-0.15, -0.1) is 0 Å². The van der Waals surface area contributed by atoms with Gasteiger partial charge in [-0.3, -0.25) is 9.59 Å². The van der Waals surface area contributed by atoms with E-state index in [1.54, 1.807) is 10.6 Å². The van der Waals surface area contributed by atoms with E-state index in [0.29, 0.717) is 17.5 Å². The molecular weight excluding hydrogens is 328 g/mol. The number of nitrogens with zero attached hydrogens (tertiary/aromatic N) is 1. The van der Waals surface area contributed by atoms with Gasteiger partial charge in [-0.2, -0.15) is 0 Å². The predicted octanol–water partition coefficient (Wildman–Crippen LogP) is 3.69. The first-order valence-electron chi connectivity index (χ1n) is 8.66. The van der Waals surface area contributed by atoms with Gasteiger partial charge in [0, 0.05) is 17.1 Å². The van der Waals surface area contributed by atoms with Gasteiger partial charge < -0.3 is 15.0 Å². The van der Waals surface area contributed by atoms with E-state index in [2.05, 4.69) is 5.32 Å². The number of nitrogens with one attached hydrogen (secondary N) is 1. The lowest BCUT2D eigenvalue weighted by Crippen LogP contribution is -2.30. The van der Waals surface area contributed by atoms with Crippen molar-refractivity contribution < 1.29 is 9.90 Å². The lowest BCUT2D eigenvalue weighted by molar-refractivity contribution is 0.102. The van der Waals surface area contributed by atoms with Crippen LogP contribution in [0.4, 0.5) is 5.69 Å². The number of anilines is 1. The van der Waals surface area contributed by atoms with Crippen molar-refractivity contribution in [3.63, 3.8) is 0 Å². The number of rotatable bonds is 2. The van der Waals surface area contributed by atoms with Gasteiger partial charge in [0.2, 0.25) is 0 Å². The molecule has 1 aliphatic heterocycles. The van der Waals surface area contributed by atoms with E-state index in [0.717, 1.165) is 22.2 Å². The van der Waals surface area contributed by atoms with Crippen molar-refractivity contribution in [2.75, 3.05) is 5.32 Å². The second-order valence-electron chi connectivity index (χ2n) is 6.99. The fourth-order valence-corrected chi connectivity index (χ4v) is 3.91. The first-order chi connectivity index (χ1) is 12.4. The average molecular weight is 348 g/mol. The van der Waals surface area contributed by atoms with Crippen molar-refractivity contribution in [2.24, 2.45) is 0 Å². The minimum Gasteiger partial charge on any atom is -0.506 e. The molecular formula is C21H20N2O3. The van der Waals surface area contributed by atoms with Gasteiger partial charge in [0.15, 0.2) is 0 Å². The first-order valence-corrected chi connectivity index (χ1v) is 8.66. The number of carbonyl (C=O) groups excluding carboxylic acids is 1. The lowest BCUT2D eigenvalue weighted by Gasteiger charge is -2.15. The molecule has 4 rings (SSSR count). The van der Waals surface area contributed by atoms with Gasteiger partial charge in [0.1, 0.15) is 11.3 Å². The number of aryl methyl sites for hydroxylation is 2. The largest absolute Gasteiger partial charge is 0.506 e. The quantitative estimate of drug-likeness (QED) is 0.742. The molecule has 0 spiro atoms. The number of pyridine rings is 1. The Balaban J connectivity index is 1.91. The second kappa shape index (κ2) is 5.73. The van der Waals surface area contributed by atoms with Crippen molar-refractivity contribution in [1.29, 1.82) is 0 Å². The highest BCUT2D eigenvalue weighted by atomic mass is 16.3. The van der Waals surface area contributed by atoms with Gasteiger partial charge >= 0.3 is 0 Å². The summed E-state index contributed by atoms with van der Waals surface area (Å²) < 4.78 is 1.63. The van der Waals surface area contributed by atoms with Crippen molar-refractivity contribution in [2.45, 2.75) is 33.2 Å². The zero-order valence-electron chi connectivity index (χ0n) is 15.0. The maximum absolute atomic E-state index is 13.0. The number of aromatic hydroxyl groups is 1. The molecule has 5 heteroatoms. The smallest absolute Gasteiger partial charge is 0.268 e. The summed E-state index contributed by atoms with van der Waals surface area (Å²) >= 11 is 0. The first kappa shape index (κ1) is 16.4. The third-order valence-corrected chi connectivity index (χ3v) is 5.19. The standard InChI is InChI=1S/C21H20N2O3/c1-11-6-4-7-12(2)17(11)22-20(25)16-19(24)15-9-5-8-14-10-13(3)23(18(14)15)21(16)26/h4-9,13,24H,10H2,1-3H3,(H,22,25). The van der Waals surface area contributed by atoms with Crippen molar-refractivity contribution in [3.05, 3.63) is 69.0 Å². The highest BCUT2D eigenvalue weighted by Crippen LogP contribution is 2.36. The maximum atomic E-state index is 13.0. The SMILES string of the molecule is Cc1cccc(C)c1NC(=O)c1c(O)c2cccc3c2n(c1=O)C(C)C3. The minimum atomic E-state index is -0.583. The van der Waals surface area contributed by atoms with Gasteiger partial charge in [0.05, 0.1) is 5.52 Å². The predicted molar refractivity (Wildman–Crippen MR) is 102 cm³/mol. The Labute approximate surface area is 150 Å². The van der Waals surface area contributed by atoms with E-state index >= 15 is 0 Å². The summed E-state index contributed by atoms with van der Waals surface area (Å²) in [6.07, 6.45) is 0.716. The molecule has 3 aromatic rings. The summed E-state index contributed by atoms with van der Waals surface area (Å²) in [5.41, 5.74) is 3.56. The molecule has 5 nitrogen and oxygen atoms in total. The number of benzene rings is 2. The number of carbonyl (C=O) groups is 1. The molecule has 26 heavy (non-hydrogen) atoms. The minimum absolute atomic E-state index is 0.0465. The summed E-state index contributed by atoms with van der Waals surface area (Å²) in [7, 11) is 0. The summed E-state index contributed by atoms with van der Waals surface area (Å²) in [6.45, 7) is 5.73. The molecule has 0 radical (unpaired) electrons. The zero-order chi connectivity index (χ0) is 18.6. The summed E-state index contributed by atoms with van der Waals surface area (Å²) in [6, 6.07) is 11.2. The van der Waals surface area contributed by atoms with Gasteiger partial charge in [-0.1, -0.05) is 30.3 Å². The van der Waals surface area contributed by atoms with Crippen LogP contribution in [0.5, 0.6) is 5.75 Å². The van der Waals surface area contributed by atoms with Crippen LogP contribution >= 0.6 is 0 Å². The number of hydrogen-bond acceptors (Lipinski definition) is 3. The Hall–Kier alpha value is -3.08. The molecule has 1 amide bonds. The summed E-state index contributed by atoms with van der Waals surface area (Å²) in [5.74, 6) is -0.832. The number of aromatic nitrogens is 1. The fourth-order valence-electron chi connectivity index (χ4n) is 3.91. The van der Waals surface area contributed by atoms with E-state index in [1.165, 1.54) is 0 Å². The number of hydrogen-bond donors (Lipinski definition) is 2. The van der Waals surface area contributed by atoms with Crippen LogP contribution in [0, 0.1) is 13.8 Å². The molecule has 0 saturated carbocycles. The van der Waals surface area contributed by atoms with Crippen LogP contribution in [-0.2, 0) is 6.42 Å². The molecule has 2 aromatic carbocycles. The van der Waals surface area contributed by atoms with Crippen LogP contribution < -0.4 is 10.9 Å². The van der Waals surface area contributed by atoms with Gasteiger partial charge in [-0.05, 0) is 49.9 Å². The van der Waals surface area contributed by atoms with E-state index in [1.807, 2.05) is 51.1 Å². The van der Waals surface area contributed by atoms with E-state index in [4.69, 9.17) is 0 Å². The highest BCUT2D eigenvalue weighted by Gasteiger charge is 2.29. The van der Waals surface area contributed by atoms with Crippen LogP contribution in [0.2, 0.25) is 0 Å². The molecule has 0 aliphatic carbocycles. The zero-order valence-corrected chi connectivity index (χ0v) is 15.0. The summed E-state index contributed by atoms with van der Waals surface area (Å²) in [4.78, 5) is 25.9. The molecule has 2 heterocycles. The molecule has 1 aliphatic rings. The van der Waals surface area contributed by atoms with Gasteiger partial charge in [0.25, 0.3) is 11.5 Å². The Morgan fingerprint density at radius 1 is 1.15 bits per heavy atom. The highest BCUT2D eigenvalue weighted by molar-refractivity contribution is 6.10. The van der Waals surface area contributed by atoms with Crippen LogP contribution in [0.3, 0.4) is 0 Å². The number of amides is 1. The van der Waals surface area contributed by atoms with E-state index in [-0.39, 0.29) is 17.4 Å². The van der Waals surface area contributed by atoms with E-state index in [9.17, 15) is 14.7 Å². The van der Waals surface area contributed by atoms with Crippen molar-refractivity contribution in [3.8, 4) is 5.75 Å². The molecule has 0 saturated heterocycles. The maximum Gasteiger partial charge on any atom is 0.268 e.